The Morgan fingerprint density at radius 3 is 2.42 bits per heavy atom. The van der Waals surface area contributed by atoms with Gasteiger partial charge in [0.1, 0.15) is 24.0 Å². The third-order valence-electron chi connectivity index (χ3n) is 4.78. The molecule has 3 rings (SSSR count). The largest absolute Gasteiger partial charge is 0.497 e. The lowest BCUT2D eigenvalue weighted by Gasteiger charge is -2.11. The van der Waals surface area contributed by atoms with Crippen molar-refractivity contribution in [3.05, 3.63) is 88.9 Å². The van der Waals surface area contributed by atoms with Gasteiger partial charge in [0.2, 0.25) is 5.91 Å². The van der Waals surface area contributed by atoms with E-state index in [1.165, 1.54) is 13.1 Å². The number of nitrogens with one attached hydrogen (secondary N) is 2. The van der Waals surface area contributed by atoms with Crippen LogP contribution < -0.4 is 20.2 Å². The number of ether oxygens (including phenoxy) is 2. The van der Waals surface area contributed by atoms with Crippen LogP contribution in [0.3, 0.4) is 0 Å². The maximum Gasteiger partial charge on any atom is 0.252 e. The predicted octanol–water partition coefficient (Wildman–Crippen LogP) is 4.65. The molecule has 0 fully saturated rings. The monoisotopic (exact) mass is 465 g/mol. The first-order valence-electron chi connectivity index (χ1n) is 10.2. The minimum Gasteiger partial charge on any atom is -0.497 e. The van der Waals surface area contributed by atoms with Crippen molar-refractivity contribution in [2.75, 3.05) is 12.4 Å². The Labute approximate surface area is 197 Å². The van der Waals surface area contributed by atoms with Crippen molar-refractivity contribution < 1.29 is 19.1 Å². The highest BCUT2D eigenvalue weighted by molar-refractivity contribution is 6.31. The van der Waals surface area contributed by atoms with Gasteiger partial charge < -0.3 is 14.8 Å². The minimum atomic E-state index is -0.948. The van der Waals surface area contributed by atoms with Gasteiger partial charge in [-0.25, -0.2) is 5.43 Å². The van der Waals surface area contributed by atoms with Gasteiger partial charge in [-0.1, -0.05) is 41.9 Å². The molecule has 170 valence electrons. The van der Waals surface area contributed by atoms with Crippen LogP contribution in [0.2, 0.25) is 5.02 Å². The van der Waals surface area contributed by atoms with Crippen molar-refractivity contribution in [2.24, 2.45) is 11.0 Å². The molecule has 8 heteroatoms. The lowest BCUT2D eigenvalue weighted by molar-refractivity contribution is -0.131. The predicted molar refractivity (Wildman–Crippen MR) is 129 cm³/mol. The van der Waals surface area contributed by atoms with E-state index < -0.39 is 17.7 Å². The van der Waals surface area contributed by atoms with Gasteiger partial charge in [0.25, 0.3) is 5.91 Å². The van der Waals surface area contributed by atoms with Crippen LogP contribution in [0.15, 0.2) is 77.9 Å². The molecule has 0 radical (unpaired) electrons. The average Bonchev–Trinajstić information content (AvgIpc) is 2.84. The van der Waals surface area contributed by atoms with Crippen LogP contribution >= 0.6 is 11.6 Å². The standard InChI is InChI=1S/C25H24ClN3O4/c1-17(24(30)28-20-11-13-21(32-2)14-12-20)25(31)29-27-15-18-7-4-6-10-23(18)33-16-19-8-3-5-9-22(19)26/h3-15,17H,16H2,1-2H3,(H,28,30)(H,29,31). The molecule has 0 saturated heterocycles. The number of carbonyl (C=O) groups excluding carboxylic acids is 2. The fourth-order valence-electron chi connectivity index (χ4n) is 2.80. The maximum atomic E-state index is 12.4. The zero-order chi connectivity index (χ0) is 23.6. The normalized spacial score (nSPS) is 11.6. The quantitative estimate of drug-likeness (QED) is 0.273. The maximum absolute atomic E-state index is 12.4. The van der Waals surface area contributed by atoms with Crippen molar-refractivity contribution in [1.82, 2.24) is 5.43 Å². The average molecular weight is 466 g/mol. The van der Waals surface area contributed by atoms with Gasteiger partial charge in [0, 0.05) is 21.8 Å². The van der Waals surface area contributed by atoms with Crippen LogP contribution in [0.5, 0.6) is 11.5 Å². The van der Waals surface area contributed by atoms with E-state index in [1.54, 1.807) is 49.6 Å². The molecule has 7 nitrogen and oxygen atoms in total. The van der Waals surface area contributed by atoms with E-state index in [0.29, 0.717) is 34.4 Å². The third kappa shape index (κ3) is 6.82. The first-order valence-corrected chi connectivity index (χ1v) is 10.6. The van der Waals surface area contributed by atoms with E-state index in [0.717, 1.165) is 5.56 Å². The van der Waals surface area contributed by atoms with Crippen molar-refractivity contribution in [3.8, 4) is 11.5 Å². The molecule has 0 aliphatic carbocycles. The minimum absolute atomic E-state index is 0.291. The number of methoxy groups -OCH3 is 1. The van der Waals surface area contributed by atoms with Gasteiger partial charge in [-0.05, 0) is 49.4 Å². The zero-order valence-electron chi connectivity index (χ0n) is 18.2. The van der Waals surface area contributed by atoms with Crippen LogP contribution in [-0.2, 0) is 16.2 Å². The highest BCUT2D eigenvalue weighted by Gasteiger charge is 2.21. The number of carbonyl (C=O) groups is 2. The van der Waals surface area contributed by atoms with Crippen molar-refractivity contribution >= 4 is 35.3 Å². The summed E-state index contributed by atoms with van der Waals surface area (Å²) in [5, 5.41) is 7.29. The van der Waals surface area contributed by atoms with E-state index in [4.69, 9.17) is 21.1 Å². The topological polar surface area (TPSA) is 89.0 Å². The summed E-state index contributed by atoms with van der Waals surface area (Å²) in [5.41, 5.74) is 4.49. The molecule has 0 aliphatic rings. The number of anilines is 1. The van der Waals surface area contributed by atoms with Gasteiger partial charge in [0.15, 0.2) is 0 Å². The Balaban J connectivity index is 1.56. The summed E-state index contributed by atoms with van der Waals surface area (Å²) in [6, 6.07) is 21.5. The summed E-state index contributed by atoms with van der Waals surface area (Å²) in [5.74, 6) is -0.677. The molecular formula is C25H24ClN3O4. The molecule has 33 heavy (non-hydrogen) atoms. The lowest BCUT2D eigenvalue weighted by Crippen LogP contribution is -2.34. The van der Waals surface area contributed by atoms with Crippen LogP contribution in [0, 0.1) is 5.92 Å². The third-order valence-corrected chi connectivity index (χ3v) is 5.15. The zero-order valence-corrected chi connectivity index (χ0v) is 19.0. The molecule has 0 aromatic heterocycles. The first-order chi connectivity index (χ1) is 16.0. The summed E-state index contributed by atoms with van der Waals surface area (Å²) in [6.07, 6.45) is 1.47. The molecule has 3 aromatic rings. The molecule has 1 unspecified atom stereocenters. The molecule has 2 N–H and O–H groups in total. The van der Waals surface area contributed by atoms with E-state index in [-0.39, 0.29) is 0 Å². The molecule has 0 saturated carbocycles. The second-order valence-electron chi connectivity index (χ2n) is 7.09. The smallest absolute Gasteiger partial charge is 0.252 e. The van der Waals surface area contributed by atoms with E-state index in [2.05, 4.69) is 15.8 Å². The Hall–Kier alpha value is -3.84. The number of amides is 2. The summed E-state index contributed by atoms with van der Waals surface area (Å²) >= 11 is 6.18. The Kier molecular flexibility index (Phi) is 8.43. The van der Waals surface area contributed by atoms with Gasteiger partial charge in [-0.3, -0.25) is 9.59 Å². The molecular weight excluding hydrogens is 442 g/mol. The molecule has 3 aromatic carbocycles. The molecule has 0 aliphatic heterocycles. The SMILES string of the molecule is COc1ccc(NC(=O)C(C)C(=O)NN=Cc2ccccc2OCc2ccccc2Cl)cc1. The summed E-state index contributed by atoms with van der Waals surface area (Å²) in [7, 11) is 1.56. The number of benzene rings is 3. The van der Waals surface area contributed by atoms with Gasteiger partial charge in [0.05, 0.1) is 13.3 Å². The second kappa shape index (κ2) is 11.7. The number of nitrogens with zero attached hydrogens (tertiary/aromatic N) is 1. The fourth-order valence-corrected chi connectivity index (χ4v) is 2.99. The fraction of sp³-hybridized carbons (Fsp3) is 0.160. The van der Waals surface area contributed by atoms with Crippen LogP contribution in [-0.4, -0.2) is 25.1 Å². The number of hydrogen-bond donors (Lipinski definition) is 2. The highest BCUT2D eigenvalue weighted by atomic mass is 35.5. The van der Waals surface area contributed by atoms with Crippen LogP contribution in [0.1, 0.15) is 18.1 Å². The summed E-state index contributed by atoms with van der Waals surface area (Å²) < 4.78 is 11.0. The van der Waals surface area contributed by atoms with Gasteiger partial charge in [-0.15, -0.1) is 0 Å². The number of halogens is 1. The summed E-state index contributed by atoms with van der Waals surface area (Å²) in [4.78, 5) is 24.7. The second-order valence-corrected chi connectivity index (χ2v) is 7.50. The Morgan fingerprint density at radius 1 is 1.00 bits per heavy atom. The molecule has 0 heterocycles. The Bertz CT molecular complexity index is 1130. The van der Waals surface area contributed by atoms with E-state index in [9.17, 15) is 9.59 Å². The number of rotatable bonds is 9. The van der Waals surface area contributed by atoms with Crippen molar-refractivity contribution in [3.63, 3.8) is 0 Å². The first kappa shape index (κ1) is 23.8. The van der Waals surface area contributed by atoms with Gasteiger partial charge in [-0.2, -0.15) is 5.10 Å². The number of hydrogen-bond acceptors (Lipinski definition) is 5. The van der Waals surface area contributed by atoms with Crippen molar-refractivity contribution in [1.29, 1.82) is 0 Å². The molecule has 0 spiro atoms. The van der Waals surface area contributed by atoms with E-state index in [1.807, 2.05) is 30.3 Å². The van der Waals surface area contributed by atoms with E-state index >= 15 is 0 Å². The number of hydrazone groups is 1. The number of para-hydroxylation sites is 1. The molecule has 2 amide bonds. The molecule has 1 atom stereocenters. The van der Waals surface area contributed by atoms with Crippen LogP contribution in [0.25, 0.3) is 0 Å². The molecule has 0 bridgehead atoms. The van der Waals surface area contributed by atoms with Gasteiger partial charge >= 0.3 is 0 Å². The van der Waals surface area contributed by atoms with Crippen molar-refractivity contribution in [2.45, 2.75) is 13.5 Å². The van der Waals surface area contributed by atoms with Crippen LogP contribution in [0.4, 0.5) is 5.69 Å². The summed E-state index contributed by atoms with van der Waals surface area (Å²) in [6.45, 7) is 1.80. The Morgan fingerprint density at radius 2 is 1.70 bits per heavy atom. The highest BCUT2D eigenvalue weighted by Crippen LogP contribution is 2.21. The lowest BCUT2D eigenvalue weighted by atomic mass is 10.1.